The van der Waals surface area contributed by atoms with E-state index in [2.05, 4.69) is 47.0 Å². The van der Waals surface area contributed by atoms with Crippen LogP contribution in [0.25, 0.3) is 0 Å². The molecule has 2 aliphatic heterocycles. The number of hydrogen-bond acceptors (Lipinski definition) is 10. The average molecular weight is 1060 g/mol. The number of carbonyl (C=O) groups excluding carboxylic acids is 3. The Balaban J connectivity index is 0.984. The summed E-state index contributed by atoms with van der Waals surface area (Å²) in [4.78, 5) is 58.4. The van der Waals surface area contributed by atoms with Gasteiger partial charge in [0.1, 0.15) is 28.3 Å². The lowest BCUT2D eigenvalue weighted by Gasteiger charge is -2.49. The minimum atomic E-state index is -1.36. The predicted molar refractivity (Wildman–Crippen MR) is 309 cm³/mol. The highest BCUT2D eigenvalue weighted by Crippen LogP contribution is 2.45. The number of carbonyl (C=O) groups is 3. The van der Waals surface area contributed by atoms with E-state index >= 15 is 4.79 Å². The molecule has 2 atom stereocenters. The molecule has 3 heterocycles. The van der Waals surface area contributed by atoms with E-state index in [1.54, 1.807) is 5.38 Å². The van der Waals surface area contributed by atoms with Crippen molar-refractivity contribution in [2.45, 2.75) is 35.6 Å². The second-order valence-corrected chi connectivity index (χ2v) is 20.6. The van der Waals surface area contributed by atoms with Gasteiger partial charge in [-0.3, -0.25) is 14.5 Å². The van der Waals surface area contributed by atoms with Crippen LogP contribution in [0.3, 0.4) is 0 Å². The summed E-state index contributed by atoms with van der Waals surface area (Å²) in [6.07, 6.45) is 2.92. The molecule has 0 radical (unpaired) electrons. The number of benzene rings is 8. The molecule has 12 heteroatoms. The van der Waals surface area contributed by atoms with Crippen molar-refractivity contribution in [3.63, 3.8) is 0 Å². The maximum atomic E-state index is 15.4. The van der Waals surface area contributed by atoms with Crippen molar-refractivity contribution in [3.05, 3.63) is 322 Å². The van der Waals surface area contributed by atoms with E-state index in [0.29, 0.717) is 16.5 Å². The van der Waals surface area contributed by atoms with Crippen molar-refractivity contribution in [1.29, 1.82) is 0 Å². The molecule has 384 valence electrons. The van der Waals surface area contributed by atoms with Crippen LogP contribution in [0, 0.1) is 0 Å². The lowest BCUT2D eigenvalue weighted by molar-refractivity contribution is -0.154. The number of anilines is 1. The maximum Gasteiger partial charge on any atom is 0.356 e. The van der Waals surface area contributed by atoms with Gasteiger partial charge in [-0.25, -0.2) is 9.78 Å². The lowest BCUT2D eigenvalue weighted by Crippen LogP contribution is -2.71. The van der Waals surface area contributed by atoms with E-state index in [-0.39, 0.29) is 17.1 Å². The number of thiazole rings is 1. The van der Waals surface area contributed by atoms with Crippen LogP contribution < -0.4 is 10.6 Å². The van der Waals surface area contributed by atoms with Crippen LogP contribution in [-0.2, 0) is 35.1 Å². The van der Waals surface area contributed by atoms with Crippen molar-refractivity contribution in [3.8, 4) is 0 Å². The largest absolute Gasteiger partial charge is 0.448 e. The van der Waals surface area contributed by atoms with Crippen LogP contribution in [0.4, 0.5) is 5.13 Å². The molecule has 0 aliphatic carbocycles. The highest BCUT2D eigenvalue weighted by Gasteiger charge is 2.55. The summed E-state index contributed by atoms with van der Waals surface area (Å²) in [5.41, 5.74) is 5.27. The summed E-state index contributed by atoms with van der Waals surface area (Å²) in [5, 5.41) is 13.4. The van der Waals surface area contributed by atoms with Crippen molar-refractivity contribution in [1.82, 2.24) is 15.2 Å². The van der Waals surface area contributed by atoms with E-state index in [0.717, 1.165) is 44.5 Å². The number of β-lactam (4-membered cyclic amide) rings is 1. The van der Waals surface area contributed by atoms with Gasteiger partial charge in [-0.05, 0) is 40.3 Å². The van der Waals surface area contributed by atoms with Crippen LogP contribution in [0.1, 0.15) is 63.2 Å². The van der Waals surface area contributed by atoms with Crippen LogP contribution >= 0.6 is 23.1 Å². The third kappa shape index (κ3) is 9.95. The number of thioether (sulfide) groups is 1. The van der Waals surface area contributed by atoms with E-state index < -0.39 is 46.4 Å². The topological polar surface area (TPSA) is 122 Å². The van der Waals surface area contributed by atoms with Crippen LogP contribution in [0.5, 0.6) is 0 Å². The van der Waals surface area contributed by atoms with Crippen molar-refractivity contribution in [2.75, 3.05) is 11.1 Å². The summed E-state index contributed by atoms with van der Waals surface area (Å²) in [7, 11) is 0. The molecular weight excluding hydrogens is 1010 g/mol. The third-order valence-electron chi connectivity index (χ3n) is 14.0. The van der Waals surface area contributed by atoms with Crippen LogP contribution in [0.15, 0.2) is 277 Å². The first-order valence-electron chi connectivity index (χ1n) is 25.6. The SMILES string of the molecule is C/C=C\C1=C(C(=O)OC(c2ccccc2)c2ccccc2)N2C(=O)C(NC(=O)/C(=N/OC(c3ccccc3)(c3ccccc3)c3ccccc3)c3csc(NC(c4ccccc4)(c4ccccc4)c4ccccc4)n3)[C@H]2SC1. The number of oxime groups is 1. The van der Waals surface area contributed by atoms with E-state index in [9.17, 15) is 9.59 Å². The van der Waals surface area contributed by atoms with Crippen LogP contribution in [0.2, 0.25) is 0 Å². The second-order valence-electron chi connectivity index (χ2n) is 18.7. The zero-order valence-corrected chi connectivity index (χ0v) is 44.1. The zero-order chi connectivity index (χ0) is 53.3. The Kier molecular flexibility index (Phi) is 15.1. The third-order valence-corrected chi connectivity index (χ3v) is 16.0. The summed E-state index contributed by atoms with van der Waals surface area (Å²) < 4.78 is 6.38. The van der Waals surface area contributed by atoms with Gasteiger partial charge in [-0.15, -0.1) is 23.1 Å². The standard InChI is InChI=1S/C66H53N5O5S2/c1-2-27-48-44-77-62-57(61(73)71(62)58(48)63(74)75-59(46-28-11-3-12-29-46)47-30-13-4-14-31-47)68-60(72)56(70-76-66(52-38-21-8-22-39-52,53-40-23-9-24-41-53)54-42-25-10-26-43-54)55-45-78-64(67-55)69-65(49-32-15-5-16-33-49,50-34-17-6-18-35-50)51-36-19-7-20-37-51/h2-43,45,57,59,62H,44H2,1H3,(H,67,69)(H,68,72)/b27-2-,70-56+/t57?,62-/m1/s1. The number of fused-ring (bicyclic) bond motifs is 1. The van der Waals surface area contributed by atoms with Gasteiger partial charge < -0.3 is 20.2 Å². The number of nitrogens with one attached hydrogen (secondary N) is 2. The van der Waals surface area contributed by atoms with Crippen molar-refractivity contribution < 1.29 is 24.0 Å². The van der Waals surface area contributed by atoms with Gasteiger partial charge in [0.15, 0.2) is 16.9 Å². The Hall–Kier alpha value is -9.10. The van der Waals surface area contributed by atoms with Gasteiger partial charge in [-0.1, -0.05) is 260 Å². The molecule has 9 aromatic rings. The highest BCUT2D eigenvalue weighted by molar-refractivity contribution is 8.00. The number of hydrogen-bond donors (Lipinski definition) is 2. The molecule has 0 saturated carbocycles. The molecule has 0 bridgehead atoms. The molecule has 78 heavy (non-hydrogen) atoms. The average Bonchev–Trinajstić information content (AvgIpc) is 4.02. The summed E-state index contributed by atoms with van der Waals surface area (Å²) in [5.74, 6) is -1.45. The number of amides is 2. The van der Waals surface area contributed by atoms with E-state index in [1.165, 1.54) is 28.0 Å². The highest BCUT2D eigenvalue weighted by atomic mass is 32.2. The molecule has 11 rings (SSSR count). The summed E-state index contributed by atoms with van der Waals surface area (Å²) in [6.45, 7) is 1.86. The number of rotatable bonds is 18. The fourth-order valence-corrected chi connectivity index (χ4v) is 12.4. The number of allylic oxidation sites excluding steroid dienone is 2. The molecule has 10 nitrogen and oxygen atoms in total. The van der Waals surface area contributed by atoms with Gasteiger partial charge >= 0.3 is 5.97 Å². The molecule has 2 aliphatic rings. The number of ether oxygens (including phenoxy) is 1. The van der Waals surface area contributed by atoms with Gasteiger partial charge in [0.25, 0.3) is 11.8 Å². The maximum absolute atomic E-state index is 15.4. The number of aromatic nitrogens is 1. The fourth-order valence-electron chi connectivity index (χ4n) is 10.3. The monoisotopic (exact) mass is 1060 g/mol. The smallest absolute Gasteiger partial charge is 0.356 e. The van der Waals surface area contributed by atoms with Crippen LogP contribution in [-0.4, -0.2) is 50.5 Å². The normalized spacial score (nSPS) is 15.6. The summed E-state index contributed by atoms with van der Waals surface area (Å²) in [6, 6.07) is 77.8. The van der Waals surface area contributed by atoms with Gasteiger partial charge in [0.2, 0.25) is 5.60 Å². The second kappa shape index (κ2) is 23.0. The molecule has 0 spiro atoms. The Morgan fingerprint density at radius 2 is 1.05 bits per heavy atom. The first-order valence-corrected chi connectivity index (χ1v) is 27.6. The first-order chi connectivity index (χ1) is 38.4. The molecule has 8 aromatic carbocycles. The Labute approximate surface area is 461 Å². The molecule has 1 fully saturated rings. The molecule has 1 saturated heterocycles. The van der Waals surface area contributed by atoms with Gasteiger partial charge in [-0.2, -0.15) is 0 Å². The quantitative estimate of drug-likeness (QED) is 0.0286. The van der Waals surface area contributed by atoms with Gasteiger partial charge in [0, 0.05) is 27.8 Å². The molecule has 1 unspecified atom stereocenters. The Morgan fingerprint density at radius 3 is 1.49 bits per heavy atom. The number of esters is 1. The fraction of sp³-hybridized carbons (Fsp3) is 0.106. The van der Waals surface area contributed by atoms with Gasteiger partial charge in [0.05, 0.1) is 0 Å². The molecule has 2 N–H and O–H groups in total. The first kappa shape index (κ1) is 51.0. The minimum Gasteiger partial charge on any atom is -0.448 e. The Morgan fingerprint density at radius 1 is 0.628 bits per heavy atom. The number of nitrogens with zero attached hydrogens (tertiary/aromatic N) is 3. The predicted octanol–water partition coefficient (Wildman–Crippen LogP) is 12.8. The lowest BCUT2D eigenvalue weighted by atomic mass is 9.77. The van der Waals surface area contributed by atoms with E-state index in [1.807, 2.05) is 225 Å². The molecule has 2 amide bonds. The minimum absolute atomic E-state index is 0.133. The summed E-state index contributed by atoms with van der Waals surface area (Å²) >= 11 is 2.76. The van der Waals surface area contributed by atoms with Crippen molar-refractivity contribution in [2.24, 2.45) is 5.16 Å². The molecular formula is C66H53N5O5S2. The Bertz CT molecular complexity index is 3370. The van der Waals surface area contributed by atoms with E-state index in [4.69, 9.17) is 19.7 Å². The zero-order valence-electron chi connectivity index (χ0n) is 42.5. The van der Waals surface area contributed by atoms with Crippen molar-refractivity contribution >= 4 is 51.7 Å². The molecule has 1 aromatic heterocycles.